The van der Waals surface area contributed by atoms with Crippen LogP contribution in [0.3, 0.4) is 0 Å². The molecule has 1 saturated heterocycles. The molecule has 0 amide bonds. The third kappa shape index (κ3) is 4.17. The summed E-state index contributed by atoms with van der Waals surface area (Å²) >= 11 is 0. The highest BCUT2D eigenvalue weighted by Crippen LogP contribution is 2.39. The Bertz CT molecular complexity index is 255. The molecule has 0 bridgehead atoms. The van der Waals surface area contributed by atoms with Crippen LogP contribution >= 0.6 is 0 Å². The van der Waals surface area contributed by atoms with Gasteiger partial charge in [-0.2, -0.15) is 0 Å². The van der Waals surface area contributed by atoms with Crippen molar-refractivity contribution in [3.63, 3.8) is 0 Å². The summed E-state index contributed by atoms with van der Waals surface area (Å²) in [6, 6.07) is 0. The molecule has 3 nitrogen and oxygen atoms in total. The summed E-state index contributed by atoms with van der Waals surface area (Å²) in [4.78, 5) is 0. The van der Waals surface area contributed by atoms with Gasteiger partial charge in [-0.3, -0.25) is 0 Å². The quantitative estimate of drug-likeness (QED) is 0.721. The lowest BCUT2D eigenvalue weighted by Crippen LogP contribution is -2.52. The second-order valence-corrected chi connectivity index (χ2v) is 6.72. The van der Waals surface area contributed by atoms with E-state index >= 15 is 0 Å². The molecule has 19 heavy (non-hydrogen) atoms. The molecule has 2 fully saturated rings. The lowest BCUT2D eigenvalue weighted by atomic mass is 9.74. The van der Waals surface area contributed by atoms with E-state index in [1.807, 2.05) is 0 Å². The summed E-state index contributed by atoms with van der Waals surface area (Å²) in [7, 11) is 0. The van der Waals surface area contributed by atoms with Gasteiger partial charge in [-0.05, 0) is 50.5 Å². The van der Waals surface area contributed by atoms with E-state index in [2.05, 4.69) is 26.1 Å². The largest absolute Gasteiger partial charge is 0.376 e. The molecule has 1 saturated carbocycles. The second-order valence-electron chi connectivity index (χ2n) is 6.72. The molecule has 0 spiro atoms. The Labute approximate surface area is 118 Å². The second kappa shape index (κ2) is 7.05. The molecule has 112 valence electrons. The van der Waals surface area contributed by atoms with E-state index in [0.717, 1.165) is 38.1 Å². The first kappa shape index (κ1) is 15.3. The van der Waals surface area contributed by atoms with Gasteiger partial charge in [0.2, 0.25) is 0 Å². The first-order chi connectivity index (χ1) is 9.15. The summed E-state index contributed by atoms with van der Waals surface area (Å²) in [6.45, 7) is 10.6. The third-order valence-electron chi connectivity index (χ3n) is 4.78. The summed E-state index contributed by atoms with van der Waals surface area (Å²) < 4.78 is 11.7. The molecule has 2 rings (SSSR count). The van der Waals surface area contributed by atoms with E-state index in [4.69, 9.17) is 9.47 Å². The highest BCUT2D eigenvalue weighted by molar-refractivity contribution is 4.91. The smallest absolute Gasteiger partial charge is 0.105 e. The maximum Gasteiger partial charge on any atom is 0.105 e. The summed E-state index contributed by atoms with van der Waals surface area (Å²) in [5.41, 5.74) is 0.0784. The van der Waals surface area contributed by atoms with Crippen LogP contribution in [-0.2, 0) is 9.47 Å². The number of ether oxygens (including phenoxy) is 2. The maximum absolute atomic E-state index is 6.40. The van der Waals surface area contributed by atoms with E-state index in [1.165, 1.54) is 32.1 Å². The monoisotopic (exact) mass is 269 g/mol. The Morgan fingerprint density at radius 3 is 2.42 bits per heavy atom. The number of hydrogen-bond donors (Lipinski definition) is 1. The van der Waals surface area contributed by atoms with Crippen LogP contribution in [0.2, 0.25) is 0 Å². The van der Waals surface area contributed by atoms with Crippen molar-refractivity contribution in [3.8, 4) is 0 Å². The van der Waals surface area contributed by atoms with Gasteiger partial charge in [0, 0.05) is 6.54 Å². The summed E-state index contributed by atoms with van der Waals surface area (Å²) in [5, 5.41) is 3.58. The minimum Gasteiger partial charge on any atom is -0.376 e. The number of nitrogens with one attached hydrogen (secondary N) is 1. The van der Waals surface area contributed by atoms with E-state index in [9.17, 15) is 0 Å². The molecular weight excluding hydrogens is 238 g/mol. The van der Waals surface area contributed by atoms with Gasteiger partial charge in [0.05, 0.1) is 18.8 Å². The lowest BCUT2D eigenvalue weighted by Gasteiger charge is -2.45. The van der Waals surface area contributed by atoms with Crippen molar-refractivity contribution in [1.82, 2.24) is 5.32 Å². The van der Waals surface area contributed by atoms with Crippen molar-refractivity contribution in [3.05, 3.63) is 0 Å². The first-order valence-corrected chi connectivity index (χ1v) is 8.11. The maximum atomic E-state index is 6.40. The van der Waals surface area contributed by atoms with Gasteiger partial charge < -0.3 is 14.8 Å². The topological polar surface area (TPSA) is 30.5 Å². The van der Waals surface area contributed by atoms with Crippen LogP contribution in [0.15, 0.2) is 0 Å². The van der Waals surface area contributed by atoms with Gasteiger partial charge in [0.15, 0.2) is 0 Å². The Hall–Kier alpha value is -0.120. The number of rotatable bonds is 7. The van der Waals surface area contributed by atoms with Crippen LogP contribution in [0, 0.1) is 11.8 Å². The minimum absolute atomic E-state index is 0.0784. The molecule has 0 atom stereocenters. The minimum atomic E-state index is 0.0784. The van der Waals surface area contributed by atoms with Crippen molar-refractivity contribution >= 4 is 0 Å². The molecule has 1 N–H and O–H groups in total. The highest BCUT2D eigenvalue weighted by Gasteiger charge is 2.40. The fourth-order valence-electron chi connectivity index (χ4n) is 3.30. The first-order valence-electron chi connectivity index (χ1n) is 8.11. The molecule has 3 heteroatoms. The average molecular weight is 269 g/mol. The van der Waals surface area contributed by atoms with Crippen LogP contribution in [-0.4, -0.2) is 38.0 Å². The highest BCUT2D eigenvalue weighted by atomic mass is 16.6. The van der Waals surface area contributed by atoms with Gasteiger partial charge in [-0.1, -0.05) is 20.8 Å². The van der Waals surface area contributed by atoms with Gasteiger partial charge in [-0.15, -0.1) is 0 Å². The van der Waals surface area contributed by atoms with Crippen molar-refractivity contribution in [1.29, 1.82) is 0 Å². The third-order valence-corrected chi connectivity index (χ3v) is 4.78. The van der Waals surface area contributed by atoms with Crippen LogP contribution in [0.25, 0.3) is 0 Å². The van der Waals surface area contributed by atoms with E-state index in [-0.39, 0.29) is 5.60 Å². The van der Waals surface area contributed by atoms with Crippen molar-refractivity contribution in [2.45, 2.75) is 64.6 Å². The van der Waals surface area contributed by atoms with E-state index in [0.29, 0.717) is 6.10 Å². The zero-order valence-electron chi connectivity index (χ0n) is 12.9. The van der Waals surface area contributed by atoms with Crippen LogP contribution < -0.4 is 5.32 Å². The molecule has 0 radical (unpaired) electrons. The van der Waals surface area contributed by atoms with Crippen LogP contribution in [0.1, 0.15) is 52.9 Å². The van der Waals surface area contributed by atoms with Crippen molar-refractivity contribution < 1.29 is 9.47 Å². The fraction of sp³-hybridized carbons (Fsp3) is 1.00. The predicted octanol–water partition coefficient (Wildman–Crippen LogP) is 2.99. The van der Waals surface area contributed by atoms with Crippen LogP contribution in [0.5, 0.6) is 0 Å². The van der Waals surface area contributed by atoms with Gasteiger partial charge in [0.1, 0.15) is 6.10 Å². The summed E-state index contributed by atoms with van der Waals surface area (Å²) in [5.74, 6) is 1.70. The zero-order valence-corrected chi connectivity index (χ0v) is 12.9. The Balaban J connectivity index is 1.87. The molecule has 1 aliphatic carbocycles. The SMILES string of the molecule is CCCNCC1(OC2COC2)CCC(C(C)C)CC1. The molecule has 1 heterocycles. The molecule has 0 aromatic rings. The van der Waals surface area contributed by atoms with E-state index in [1.54, 1.807) is 0 Å². The van der Waals surface area contributed by atoms with Gasteiger partial charge in [0.25, 0.3) is 0 Å². The van der Waals surface area contributed by atoms with Crippen molar-refractivity contribution in [2.24, 2.45) is 11.8 Å². The van der Waals surface area contributed by atoms with Gasteiger partial charge in [-0.25, -0.2) is 0 Å². The van der Waals surface area contributed by atoms with Crippen molar-refractivity contribution in [2.75, 3.05) is 26.3 Å². The fourth-order valence-corrected chi connectivity index (χ4v) is 3.30. The molecule has 0 unspecified atom stereocenters. The standard InChI is InChI=1S/C16H31NO2/c1-4-9-17-12-16(19-15-10-18-11-15)7-5-14(6-8-16)13(2)3/h13-15,17H,4-12H2,1-3H3. The molecule has 2 aliphatic rings. The van der Waals surface area contributed by atoms with Crippen LogP contribution in [0.4, 0.5) is 0 Å². The van der Waals surface area contributed by atoms with Gasteiger partial charge >= 0.3 is 0 Å². The predicted molar refractivity (Wildman–Crippen MR) is 78.4 cm³/mol. The molecule has 0 aromatic heterocycles. The Morgan fingerprint density at radius 2 is 1.95 bits per heavy atom. The van der Waals surface area contributed by atoms with E-state index < -0.39 is 0 Å². The lowest BCUT2D eigenvalue weighted by molar-refractivity contribution is -0.203. The molecule has 1 aliphatic heterocycles. The molecular formula is C16H31NO2. The average Bonchev–Trinajstić information content (AvgIpc) is 2.35. The Morgan fingerprint density at radius 1 is 1.26 bits per heavy atom. The number of hydrogen-bond acceptors (Lipinski definition) is 3. The Kier molecular flexibility index (Phi) is 5.67. The summed E-state index contributed by atoms with van der Waals surface area (Å²) in [6.07, 6.45) is 6.60. The molecule has 0 aromatic carbocycles. The zero-order chi connectivity index (χ0) is 13.7. The normalized spacial score (nSPS) is 32.5.